The number of nitrogens with one attached hydrogen (secondary N) is 1. The summed E-state index contributed by atoms with van der Waals surface area (Å²) in [5, 5.41) is 3.24. The number of hydrogen-bond donors (Lipinski definition) is 1. The molecule has 0 saturated carbocycles. The van der Waals surface area contributed by atoms with E-state index >= 15 is 0 Å². The molecule has 2 aromatic carbocycles. The van der Waals surface area contributed by atoms with E-state index in [0.717, 1.165) is 6.42 Å². The zero-order valence-electron chi connectivity index (χ0n) is 22.7. The lowest BCUT2D eigenvalue weighted by molar-refractivity contribution is -0.144. The fourth-order valence-electron chi connectivity index (χ4n) is 5.26. The Balaban J connectivity index is 1.53. The van der Waals surface area contributed by atoms with Crippen molar-refractivity contribution in [3.8, 4) is 0 Å². The van der Waals surface area contributed by atoms with Crippen LogP contribution in [0, 0.1) is 5.92 Å². The van der Waals surface area contributed by atoms with Gasteiger partial charge in [0.05, 0.1) is 11.5 Å². The number of ether oxygens (including phenoxy) is 1. The molecule has 2 aromatic rings. The van der Waals surface area contributed by atoms with E-state index in [9.17, 15) is 22.8 Å². The van der Waals surface area contributed by atoms with Crippen LogP contribution in [0.25, 0.3) is 0 Å². The molecule has 1 N–H and O–H groups in total. The van der Waals surface area contributed by atoms with Gasteiger partial charge in [-0.2, -0.15) is 4.31 Å². The van der Waals surface area contributed by atoms with E-state index in [4.69, 9.17) is 16.3 Å². The summed E-state index contributed by atoms with van der Waals surface area (Å²) in [4.78, 5) is 39.9. The second-order valence-electron chi connectivity index (χ2n) is 10.3. The van der Waals surface area contributed by atoms with E-state index in [1.807, 2.05) is 0 Å². The monoisotopic (exact) mass is 589 g/mol. The first-order valence-corrected chi connectivity index (χ1v) is 15.6. The Kier molecular flexibility index (Phi) is 10.2. The zero-order chi connectivity index (χ0) is 28.7. The van der Waals surface area contributed by atoms with Gasteiger partial charge < -0.3 is 15.0 Å². The third-order valence-corrected chi connectivity index (χ3v) is 9.57. The lowest BCUT2D eigenvalue weighted by Crippen LogP contribution is -2.48. The Morgan fingerprint density at radius 2 is 1.80 bits per heavy atom. The first kappa shape index (κ1) is 30.0. The maximum absolute atomic E-state index is 13.8. The molecule has 0 bridgehead atoms. The number of amides is 2. The zero-order valence-corrected chi connectivity index (χ0v) is 24.3. The second kappa shape index (κ2) is 13.6. The number of carbonyl (C=O) groups is 3. The van der Waals surface area contributed by atoms with Crippen LogP contribution >= 0.6 is 11.6 Å². The third kappa shape index (κ3) is 7.41. The summed E-state index contributed by atoms with van der Waals surface area (Å²) in [7, 11) is -4.06. The van der Waals surface area contributed by atoms with Crippen LogP contribution in [-0.4, -0.2) is 67.7 Å². The van der Waals surface area contributed by atoms with Crippen molar-refractivity contribution in [3.63, 3.8) is 0 Å². The predicted octanol–water partition coefficient (Wildman–Crippen LogP) is 4.01. The second-order valence-corrected chi connectivity index (χ2v) is 12.6. The Bertz CT molecular complexity index is 1310. The Hall–Kier alpha value is -2.95. The predicted molar refractivity (Wildman–Crippen MR) is 151 cm³/mol. The lowest BCUT2D eigenvalue weighted by atomic mass is 9.93. The van der Waals surface area contributed by atoms with Crippen LogP contribution in [0.2, 0.25) is 5.02 Å². The van der Waals surface area contributed by atoms with Gasteiger partial charge in [-0.15, -0.1) is 0 Å². The molecule has 4 rings (SSSR count). The molecular formula is C29H36ClN3O6S. The maximum atomic E-state index is 13.8. The molecule has 9 nitrogen and oxygen atoms in total. The van der Waals surface area contributed by atoms with Crippen LogP contribution < -0.4 is 5.32 Å². The van der Waals surface area contributed by atoms with Crippen LogP contribution in [0.5, 0.6) is 0 Å². The number of nitrogens with zero attached hydrogens (tertiary/aromatic N) is 2. The molecule has 2 heterocycles. The minimum atomic E-state index is -4.06. The third-order valence-electron chi connectivity index (χ3n) is 7.45. The van der Waals surface area contributed by atoms with E-state index in [1.165, 1.54) is 28.6 Å². The number of hydrogen-bond acceptors (Lipinski definition) is 6. The van der Waals surface area contributed by atoms with Crippen molar-refractivity contribution in [1.82, 2.24) is 14.5 Å². The average molecular weight is 590 g/mol. The van der Waals surface area contributed by atoms with Gasteiger partial charge in [-0.1, -0.05) is 23.7 Å². The van der Waals surface area contributed by atoms with E-state index in [1.54, 1.807) is 36.1 Å². The standard InChI is InChI=1S/C29H36ClN3O6S/c1-2-39-27(34)19-21-13-16-32(17-14-21)29(36)23-7-5-6-22(18-23)20-33(26-8-3-4-15-31-28(26)35)40(37,38)25-11-9-24(30)10-12-25/h5-7,9-12,18,21,26H,2-4,8,13-17,19-20H2,1H3,(H,31,35). The maximum Gasteiger partial charge on any atom is 0.306 e. The van der Waals surface area contributed by atoms with E-state index < -0.39 is 16.1 Å². The van der Waals surface area contributed by atoms with Crippen LogP contribution in [0.15, 0.2) is 53.4 Å². The first-order chi connectivity index (χ1) is 19.2. The fraction of sp³-hybridized carbons (Fsp3) is 0.483. The largest absolute Gasteiger partial charge is 0.466 e. The fourth-order valence-corrected chi connectivity index (χ4v) is 7.00. The number of halogens is 1. The molecule has 0 radical (unpaired) electrons. The van der Waals surface area contributed by atoms with Gasteiger partial charge in [-0.3, -0.25) is 14.4 Å². The van der Waals surface area contributed by atoms with Gasteiger partial charge in [0.2, 0.25) is 15.9 Å². The highest BCUT2D eigenvalue weighted by Crippen LogP contribution is 2.27. The first-order valence-electron chi connectivity index (χ1n) is 13.8. The molecule has 2 amide bonds. The van der Waals surface area contributed by atoms with Gasteiger partial charge in [0.15, 0.2) is 0 Å². The summed E-state index contributed by atoms with van der Waals surface area (Å²) in [5.41, 5.74) is 1.06. The minimum absolute atomic E-state index is 0.0480. The van der Waals surface area contributed by atoms with Crippen molar-refractivity contribution in [2.45, 2.75) is 62.9 Å². The molecule has 40 heavy (non-hydrogen) atoms. The molecule has 1 atom stereocenters. The van der Waals surface area contributed by atoms with Gasteiger partial charge in [-0.05, 0) is 86.9 Å². The van der Waals surface area contributed by atoms with E-state index in [-0.39, 0.29) is 35.1 Å². The topological polar surface area (TPSA) is 113 Å². The van der Waals surface area contributed by atoms with Crippen molar-refractivity contribution in [2.24, 2.45) is 5.92 Å². The number of benzene rings is 2. The normalized spacial score (nSPS) is 18.7. The SMILES string of the molecule is CCOC(=O)CC1CCN(C(=O)c2cccc(CN(C3CCCCNC3=O)S(=O)(=O)c3ccc(Cl)cc3)c2)CC1. The number of piperidine rings is 1. The van der Waals surface area contributed by atoms with Gasteiger partial charge in [-0.25, -0.2) is 8.42 Å². The summed E-state index contributed by atoms with van der Waals surface area (Å²) < 4.78 is 33.9. The number of likely N-dealkylation sites (tertiary alicyclic amines) is 1. The van der Waals surface area contributed by atoms with Crippen LogP contribution in [-0.2, 0) is 30.9 Å². The Morgan fingerprint density at radius 3 is 2.50 bits per heavy atom. The van der Waals surface area contributed by atoms with Crippen molar-refractivity contribution in [1.29, 1.82) is 0 Å². The smallest absolute Gasteiger partial charge is 0.306 e. The molecule has 216 valence electrons. The van der Waals surface area contributed by atoms with Gasteiger partial charge >= 0.3 is 5.97 Å². The molecule has 2 aliphatic heterocycles. The number of esters is 1. The lowest BCUT2D eigenvalue weighted by Gasteiger charge is -2.32. The summed E-state index contributed by atoms with van der Waals surface area (Å²) in [6.07, 6.45) is 3.68. The average Bonchev–Trinajstić information content (AvgIpc) is 3.16. The van der Waals surface area contributed by atoms with Crippen molar-refractivity contribution < 1.29 is 27.5 Å². The number of sulfonamides is 1. The van der Waals surface area contributed by atoms with E-state index in [2.05, 4.69) is 5.32 Å². The minimum Gasteiger partial charge on any atom is -0.466 e. The molecule has 11 heteroatoms. The molecule has 2 fully saturated rings. The summed E-state index contributed by atoms with van der Waals surface area (Å²) in [5.74, 6) is -0.490. The molecular weight excluding hydrogens is 554 g/mol. The molecule has 0 aliphatic carbocycles. The number of rotatable bonds is 9. The highest BCUT2D eigenvalue weighted by atomic mass is 35.5. The highest BCUT2D eigenvalue weighted by molar-refractivity contribution is 7.89. The van der Waals surface area contributed by atoms with E-state index in [0.29, 0.717) is 74.5 Å². The van der Waals surface area contributed by atoms with Crippen LogP contribution in [0.1, 0.15) is 61.4 Å². The summed E-state index contributed by atoms with van der Waals surface area (Å²) in [6, 6.07) is 11.9. The van der Waals surface area contributed by atoms with Crippen molar-refractivity contribution >= 4 is 39.4 Å². The van der Waals surface area contributed by atoms with Gasteiger partial charge in [0, 0.05) is 43.2 Å². The molecule has 1 unspecified atom stereocenters. The summed E-state index contributed by atoms with van der Waals surface area (Å²) in [6.45, 7) is 3.65. The molecule has 2 aliphatic rings. The molecule has 0 aromatic heterocycles. The van der Waals surface area contributed by atoms with Crippen molar-refractivity contribution in [3.05, 3.63) is 64.7 Å². The van der Waals surface area contributed by atoms with Crippen LogP contribution in [0.3, 0.4) is 0 Å². The Morgan fingerprint density at radius 1 is 1.07 bits per heavy atom. The Labute approximate surface area is 240 Å². The summed E-state index contributed by atoms with van der Waals surface area (Å²) >= 11 is 5.99. The van der Waals surface area contributed by atoms with Crippen molar-refractivity contribution in [2.75, 3.05) is 26.2 Å². The highest BCUT2D eigenvalue weighted by Gasteiger charge is 2.37. The molecule has 0 spiro atoms. The van der Waals surface area contributed by atoms with Crippen LogP contribution in [0.4, 0.5) is 0 Å². The quantitative estimate of drug-likeness (QED) is 0.442. The molecule has 2 saturated heterocycles. The van der Waals surface area contributed by atoms with Gasteiger partial charge in [0.25, 0.3) is 5.91 Å². The van der Waals surface area contributed by atoms with Gasteiger partial charge in [0.1, 0.15) is 6.04 Å². The number of carbonyl (C=O) groups excluding carboxylic acids is 3.